The van der Waals surface area contributed by atoms with Crippen molar-refractivity contribution in [1.82, 2.24) is 5.32 Å². The molecule has 0 saturated heterocycles. The van der Waals surface area contributed by atoms with Crippen molar-refractivity contribution in [3.63, 3.8) is 0 Å². The Bertz CT molecular complexity index is 491. The van der Waals surface area contributed by atoms with Gasteiger partial charge in [-0.25, -0.2) is 0 Å². The van der Waals surface area contributed by atoms with E-state index >= 15 is 0 Å². The van der Waals surface area contributed by atoms with Crippen molar-refractivity contribution in [3.05, 3.63) is 23.8 Å². The highest BCUT2D eigenvalue weighted by Crippen LogP contribution is 2.34. The van der Waals surface area contributed by atoms with E-state index in [1.807, 2.05) is 19.1 Å². The average molecular weight is 260 g/mol. The molecule has 1 aliphatic heterocycles. The Balaban J connectivity index is 2.14. The smallest absolute Gasteiger partial charge is 0.161 e. The fourth-order valence-corrected chi connectivity index (χ4v) is 2.02. The van der Waals surface area contributed by atoms with Crippen LogP contribution >= 0.6 is 0 Å². The standard InChI is InChI=1S/C15H20N2O2/c1-11(9-16)17-10-15(2,3)12-4-5-13-14(8-12)19-7-6-18-13/h4-5,8,11,17H,6-7,10H2,1-3H3. The lowest BCUT2D eigenvalue weighted by molar-refractivity contribution is 0.171. The van der Waals surface area contributed by atoms with Gasteiger partial charge in [-0.15, -0.1) is 0 Å². The highest BCUT2D eigenvalue weighted by molar-refractivity contribution is 5.45. The molecule has 4 nitrogen and oxygen atoms in total. The number of rotatable bonds is 4. The molecule has 0 bridgehead atoms. The monoisotopic (exact) mass is 260 g/mol. The van der Waals surface area contributed by atoms with Crippen LogP contribution in [0.3, 0.4) is 0 Å². The summed E-state index contributed by atoms with van der Waals surface area (Å²) in [5, 5.41) is 12.0. The molecule has 19 heavy (non-hydrogen) atoms. The third kappa shape index (κ3) is 3.18. The topological polar surface area (TPSA) is 54.3 Å². The zero-order valence-electron chi connectivity index (χ0n) is 11.7. The first kappa shape index (κ1) is 13.7. The Kier molecular flexibility index (Phi) is 3.96. The van der Waals surface area contributed by atoms with Gasteiger partial charge in [0.15, 0.2) is 11.5 Å². The number of nitrogens with one attached hydrogen (secondary N) is 1. The van der Waals surface area contributed by atoms with E-state index in [-0.39, 0.29) is 11.5 Å². The molecule has 0 aromatic heterocycles. The highest BCUT2D eigenvalue weighted by atomic mass is 16.6. The number of benzene rings is 1. The van der Waals surface area contributed by atoms with Crippen molar-refractivity contribution in [3.8, 4) is 17.6 Å². The van der Waals surface area contributed by atoms with Crippen molar-refractivity contribution in [2.75, 3.05) is 19.8 Å². The van der Waals surface area contributed by atoms with Gasteiger partial charge in [0, 0.05) is 12.0 Å². The fourth-order valence-electron chi connectivity index (χ4n) is 2.02. The molecule has 0 radical (unpaired) electrons. The molecule has 0 spiro atoms. The number of nitrogens with zero attached hydrogens (tertiary/aromatic N) is 1. The first-order valence-electron chi connectivity index (χ1n) is 6.56. The van der Waals surface area contributed by atoms with Crippen LogP contribution in [0.4, 0.5) is 0 Å². The summed E-state index contributed by atoms with van der Waals surface area (Å²) in [5.41, 5.74) is 1.11. The lowest BCUT2D eigenvalue weighted by atomic mass is 9.84. The van der Waals surface area contributed by atoms with Crippen LogP contribution in [0.5, 0.6) is 11.5 Å². The van der Waals surface area contributed by atoms with E-state index in [1.165, 1.54) is 5.56 Å². The molecule has 4 heteroatoms. The Morgan fingerprint density at radius 1 is 1.32 bits per heavy atom. The summed E-state index contributed by atoms with van der Waals surface area (Å²) < 4.78 is 11.1. The largest absolute Gasteiger partial charge is 0.486 e. The van der Waals surface area contributed by atoms with Crippen molar-refractivity contribution in [1.29, 1.82) is 5.26 Å². The van der Waals surface area contributed by atoms with Crippen LogP contribution in [-0.4, -0.2) is 25.8 Å². The SMILES string of the molecule is CC(C#N)NCC(C)(C)c1ccc2c(c1)OCCO2. The number of fused-ring (bicyclic) bond motifs is 1. The zero-order valence-corrected chi connectivity index (χ0v) is 11.7. The molecule has 1 atom stereocenters. The van der Waals surface area contributed by atoms with Crippen LogP contribution in [0.25, 0.3) is 0 Å². The number of hydrogen-bond donors (Lipinski definition) is 1. The van der Waals surface area contributed by atoms with Crippen molar-refractivity contribution < 1.29 is 9.47 Å². The summed E-state index contributed by atoms with van der Waals surface area (Å²) in [6.45, 7) is 8.10. The normalized spacial score (nSPS) is 15.7. The second-order valence-corrected chi connectivity index (χ2v) is 5.47. The minimum Gasteiger partial charge on any atom is -0.486 e. The molecule has 1 aromatic carbocycles. The molecule has 1 aliphatic rings. The fraction of sp³-hybridized carbons (Fsp3) is 0.533. The van der Waals surface area contributed by atoms with Crippen LogP contribution in [0.15, 0.2) is 18.2 Å². The molecule has 1 aromatic rings. The number of hydrogen-bond acceptors (Lipinski definition) is 4. The molecule has 1 heterocycles. The number of ether oxygens (including phenoxy) is 2. The number of nitriles is 1. The summed E-state index contributed by atoms with van der Waals surface area (Å²) in [4.78, 5) is 0. The van der Waals surface area contributed by atoms with E-state index in [2.05, 4.69) is 31.3 Å². The van der Waals surface area contributed by atoms with Crippen LogP contribution in [0, 0.1) is 11.3 Å². The molecular formula is C15H20N2O2. The summed E-state index contributed by atoms with van der Waals surface area (Å²) >= 11 is 0. The van der Waals surface area contributed by atoms with Gasteiger partial charge >= 0.3 is 0 Å². The van der Waals surface area contributed by atoms with Gasteiger partial charge < -0.3 is 14.8 Å². The maximum Gasteiger partial charge on any atom is 0.161 e. The Morgan fingerprint density at radius 3 is 2.68 bits per heavy atom. The van der Waals surface area contributed by atoms with Crippen molar-refractivity contribution >= 4 is 0 Å². The third-order valence-electron chi connectivity index (χ3n) is 3.37. The first-order valence-corrected chi connectivity index (χ1v) is 6.56. The van der Waals surface area contributed by atoms with E-state index in [0.717, 1.165) is 18.0 Å². The van der Waals surface area contributed by atoms with Gasteiger partial charge in [-0.1, -0.05) is 19.9 Å². The predicted octanol–water partition coefficient (Wildman–Crippen LogP) is 2.24. The van der Waals surface area contributed by atoms with E-state index in [1.54, 1.807) is 0 Å². The highest BCUT2D eigenvalue weighted by Gasteiger charge is 2.23. The van der Waals surface area contributed by atoms with Crippen LogP contribution in [0.2, 0.25) is 0 Å². The van der Waals surface area contributed by atoms with Gasteiger partial charge in [0.1, 0.15) is 13.2 Å². The van der Waals surface area contributed by atoms with Gasteiger partial charge in [0.05, 0.1) is 12.1 Å². The lowest BCUT2D eigenvalue weighted by Crippen LogP contribution is -2.37. The van der Waals surface area contributed by atoms with E-state index in [4.69, 9.17) is 14.7 Å². The van der Waals surface area contributed by atoms with Gasteiger partial charge in [-0.05, 0) is 24.6 Å². The van der Waals surface area contributed by atoms with Gasteiger partial charge in [0.25, 0.3) is 0 Å². The second kappa shape index (κ2) is 5.50. The Labute approximate surface area is 114 Å². The van der Waals surface area contributed by atoms with Crippen LogP contribution in [0.1, 0.15) is 26.3 Å². The second-order valence-electron chi connectivity index (χ2n) is 5.47. The molecule has 102 valence electrons. The minimum atomic E-state index is -0.142. The minimum absolute atomic E-state index is 0.0685. The van der Waals surface area contributed by atoms with Crippen LogP contribution in [-0.2, 0) is 5.41 Å². The van der Waals surface area contributed by atoms with Crippen LogP contribution < -0.4 is 14.8 Å². The summed E-state index contributed by atoms with van der Waals surface area (Å²) in [5.74, 6) is 1.62. The molecule has 0 aliphatic carbocycles. The van der Waals surface area contributed by atoms with E-state index in [0.29, 0.717) is 13.2 Å². The van der Waals surface area contributed by atoms with Gasteiger partial charge in [-0.3, -0.25) is 0 Å². The van der Waals surface area contributed by atoms with Crippen molar-refractivity contribution in [2.45, 2.75) is 32.2 Å². The average Bonchev–Trinajstić information content (AvgIpc) is 2.44. The van der Waals surface area contributed by atoms with E-state index in [9.17, 15) is 0 Å². The maximum absolute atomic E-state index is 8.81. The Morgan fingerprint density at radius 2 is 2.00 bits per heavy atom. The lowest BCUT2D eigenvalue weighted by Gasteiger charge is -2.28. The van der Waals surface area contributed by atoms with E-state index < -0.39 is 0 Å². The van der Waals surface area contributed by atoms with Gasteiger partial charge in [0.2, 0.25) is 0 Å². The molecular weight excluding hydrogens is 240 g/mol. The van der Waals surface area contributed by atoms with Gasteiger partial charge in [-0.2, -0.15) is 5.26 Å². The molecule has 1 N–H and O–H groups in total. The maximum atomic E-state index is 8.81. The third-order valence-corrected chi connectivity index (χ3v) is 3.37. The predicted molar refractivity (Wildman–Crippen MR) is 73.5 cm³/mol. The first-order chi connectivity index (χ1) is 9.03. The summed E-state index contributed by atoms with van der Waals surface area (Å²) in [6, 6.07) is 8.10. The quantitative estimate of drug-likeness (QED) is 0.902. The summed E-state index contributed by atoms with van der Waals surface area (Å²) in [7, 11) is 0. The molecule has 0 amide bonds. The zero-order chi connectivity index (χ0) is 13.9. The molecule has 1 unspecified atom stereocenters. The van der Waals surface area contributed by atoms with Crippen molar-refractivity contribution in [2.24, 2.45) is 0 Å². The molecule has 0 saturated carbocycles. The Hall–Kier alpha value is -1.73. The summed E-state index contributed by atoms with van der Waals surface area (Å²) in [6.07, 6.45) is 0. The molecule has 0 fully saturated rings. The molecule has 2 rings (SSSR count).